The van der Waals surface area contributed by atoms with Crippen LogP contribution < -0.4 is 4.90 Å². The molecule has 2 aromatic heterocycles. The van der Waals surface area contributed by atoms with Crippen LogP contribution in [-0.2, 0) is 4.79 Å². The van der Waals surface area contributed by atoms with Gasteiger partial charge in [0.2, 0.25) is 0 Å². The molecule has 26 heavy (non-hydrogen) atoms. The van der Waals surface area contributed by atoms with E-state index in [9.17, 15) is 4.79 Å². The van der Waals surface area contributed by atoms with Gasteiger partial charge in [-0.25, -0.2) is 9.78 Å². The third-order valence-corrected chi connectivity index (χ3v) is 4.81. The van der Waals surface area contributed by atoms with Crippen molar-refractivity contribution in [2.75, 3.05) is 11.4 Å². The number of aliphatic carboxylic acids is 1. The molecule has 0 radical (unpaired) electrons. The van der Waals surface area contributed by atoms with Crippen molar-refractivity contribution < 1.29 is 14.3 Å². The molecular weight excluding hydrogens is 328 g/mol. The Morgan fingerprint density at radius 2 is 2.15 bits per heavy atom. The van der Waals surface area contributed by atoms with Gasteiger partial charge in [-0.1, -0.05) is 18.2 Å². The summed E-state index contributed by atoms with van der Waals surface area (Å²) in [4.78, 5) is 17.8. The van der Waals surface area contributed by atoms with E-state index in [2.05, 4.69) is 11.8 Å². The molecule has 3 heterocycles. The van der Waals surface area contributed by atoms with Crippen molar-refractivity contribution in [1.29, 1.82) is 0 Å². The molecule has 1 unspecified atom stereocenters. The number of benzene rings is 1. The number of hydrogen-bond donors (Lipinski definition) is 1. The molecule has 0 saturated carbocycles. The smallest absolute Gasteiger partial charge is 0.328 e. The molecule has 3 aromatic rings. The number of furan rings is 1. The molecule has 1 saturated heterocycles. The van der Waals surface area contributed by atoms with Gasteiger partial charge < -0.3 is 14.4 Å². The highest BCUT2D eigenvalue weighted by Gasteiger charge is 2.25. The number of carboxylic acid groups (broad SMARTS) is 1. The second kappa shape index (κ2) is 6.67. The zero-order chi connectivity index (χ0) is 18.1. The van der Waals surface area contributed by atoms with E-state index in [-0.39, 0.29) is 0 Å². The van der Waals surface area contributed by atoms with Gasteiger partial charge in [-0.15, -0.1) is 0 Å². The lowest BCUT2D eigenvalue weighted by molar-refractivity contribution is -0.131. The van der Waals surface area contributed by atoms with Crippen molar-refractivity contribution in [2.24, 2.45) is 0 Å². The van der Waals surface area contributed by atoms with Gasteiger partial charge in [-0.3, -0.25) is 0 Å². The normalized spacial score (nSPS) is 17.4. The lowest BCUT2D eigenvalue weighted by Gasteiger charge is -2.25. The van der Waals surface area contributed by atoms with Crippen LogP contribution in [0.1, 0.15) is 25.5 Å². The number of para-hydroxylation sites is 1. The minimum Gasteiger partial charge on any atom is -0.478 e. The average molecular weight is 348 g/mol. The van der Waals surface area contributed by atoms with Crippen LogP contribution in [0.3, 0.4) is 0 Å². The molecule has 5 nitrogen and oxygen atoms in total. The minimum absolute atomic E-state index is 0.393. The standard InChI is InChI=1S/C21H20N2O3/c1-14-5-4-12-23(14)21-17(10-8-16(22-21)9-11-20(24)25)19-13-15-6-2-3-7-18(15)26-19/h2-3,6-11,13-14H,4-5,12H2,1H3,(H,24,25). The van der Waals surface area contributed by atoms with E-state index in [0.717, 1.165) is 53.6 Å². The number of rotatable bonds is 4. The highest BCUT2D eigenvalue weighted by atomic mass is 16.4. The molecule has 0 aliphatic carbocycles. The first kappa shape index (κ1) is 16.4. The third-order valence-electron chi connectivity index (χ3n) is 4.81. The van der Waals surface area contributed by atoms with Gasteiger partial charge in [-0.2, -0.15) is 0 Å². The molecule has 1 atom stereocenters. The van der Waals surface area contributed by atoms with E-state index in [1.54, 1.807) is 0 Å². The molecule has 1 aliphatic heterocycles. The predicted octanol–water partition coefficient (Wildman–Crippen LogP) is 4.58. The Morgan fingerprint density at radius 1 is 1.31 bits per heavy atom. The summed E-state index contributed by atoms with van der Waals surface area (Å²) in [6.45, 7) is 3.13. The van der Waals surface area contributed by atoms with Crippen LogP contribution >= 0.6 is 0 Å². The number of aromatic nitrogens is 1. The highest BCUT2D eigenvalue weighted by molar-refractivity contribution is 5.87. The molecule has 1 aliphatic rings. The third kappa shape index (κ3) is 3.08. The fourth-order valence-electron chi connectivity index (χ4n) is 3.49. The summed E-state index contributed by atoms with van der Waals surface area (Å²) in [5, 5.41) is 9.92. The van der Waals surface area contributed by atoms with Crippen LogP contribution in [0.25, 0.3) is 28.4 Å². The molecule has 0 amide bonds. The SMILES string of the molecule is CC1CCCN1c1nc(C=CC(=O)O)ccc1-c1cc2ccccc2o1. The van der Waals surface area contributed by atoms with E-state index in [1.807, 2.05) is 42.5 Å². The van der Waals surface area contributed by atoms with Crippen molar-refractivity contribution in [2.45, 2.75) is 25.8 Å². The van der Waals surface area contributed by atoms with Crippen molar-refractivity contribution in [3.8, 4) is 11.3 Å². The molecule has 132 valence electrons. The maximum atomic E-state index is 10.8. The van der Waals surface area contributed by atoms with Crippen LogP contribution in [-0.4, -0.2) is 28.6 Å². The maximum absolute atomic E-state index is 10.8. The minimum atomic E-state index is -0.982. The van der Waals surface area contributed by atoms with E-state index in [1.165, 1.54) is 6.08 Å². The van der Waals surface area contributed by atoms with Crippen molar-refractivity contribution in [1.82, 2.24) is 4.98 Å². The highest BCUT2D eigenvalue weighted by Crippen LogP contribution is 2.36. The Balaban J connectivity index is 1.83. The first-order valence-electron chi connectivity index (χ1n) is 8.79. The van der Waals surface area contributed by atoms with Gasteiger partial charge in [0.25, 0.3) is 0 Å². The lowest BCUT2D eigenvalue weighted by atomic mass is 10.1. The number of fused-ring (bicyclic) bond motifs is 1. The van der Waals surface area contributed by atoms with Gasteiger partial charge in [0.15, 0.2) is 0 Å². The monoisotopic (exact) mass is 348 g/mol. The Labute approximate surface area is 151 Å². The summed E-state index contributed by atoms with van der Waals surface area (Å²) < 4.78 is 6.05. The van der Waals surface area contributed by atoms with Crippen LogP contribution in [0.15, 0.2) is 53.0 Å². The fraction of sp³-hybridized carbons (Fsp3) is 0.238. The lowest BCUT2D eigenvalue weighted by Crippen LogP contribution is -2.27. The second-order valence-electron chi connectivity index (χ2n) is 6.61. The topological polar surface area (TPSA) is 66.6 Å². The zero-order valence-electron chi connectivity index (χ0n) is 14.6. The van der Waals surface area contributed by atoms with E-state index < -0.39 is 5.97 Å². The summed E-state index contributed by atoms with van der Waals surface area (Å²) in [6, 6.07) is 14.1. The van der Waals surface area contributed by atoms with Crippen molar-refractivity contribution in [3.05, 3.63) is 54.2 Å². The number of nitrogens with zero attached hydrogens (tertiary/aromatic N) is 2. The van der Waals surface area contributed by atoms with Crippen LogP contribution in [0.4, 0.5) is 5.82 Å². The maximum Gasteiger partial charge on any atom is 0.328 e. The largest absolute Gasteiger partial charge is 0.478 e. The summed E-state index contributed by atoms with van der Waals surface area (Å²) in [5.74, 6) is 0.646. The van der Waals surface area contributed by atoms with Crippen LogP contribution in [0.5, 0.6) is 0 Å². The average Bonchev–Trinajstić information content (AvgIpc) is 3.25. The van der Waals surface area contributed by atoms with E-state index in [0.29, 0.717) is 11.7 Å². The Kier molecular flexibility index (Phi) is 4.21. The fourth-order valence-corrected chi connectivity index (χ4v) is 3.49. The van der Waals surface area contributed by atoms with Crippen molar-refractivity contribution in [3.63, 3.8) is 0 Å². The predicted molar refractivity (Wildman–Crippen MR) is 102 cm³/mol. The van der Waals surface area contributed by atoms with Crippen LogP contribution in [0.2, 0.25) is 0 Å². The van der Waals surface area contributed by atoms with E-state index in [4.69, 9.17) is 14.5 Å². The quantitative estimate of drug-likeness (QED) is 0.699. The molecule has 1 fully saturated rings. The second-order valence-corrected chi connectivity index (χ2v) is 6.61. The molecule has 5 heteroatoms. The van der Waals surface area contributed by atoms with Gasteiger partial charge in [0, 0.05) is 24.0 Å². The van der Waals surface area contributed by atoms with Gasteiger partial charge in [-0.05, 0) is 50.1 Å². The van der Waals surface area contributed by atoms with Gasteiger partial charge >= 0.3 is 5.97 Å². The molecule has 1 aromatic carbocycles. The van der Waals surface area contributed by atoms with Gasteiger partial charge in [0.1, 0.15) is 17.2 Å². The Bertz CT molecular complexity index is 957. The summed E-state index contributed by atoms with van der Waals surface area (Å²) in [5.41, 5.74) is 2.40. The van der Waals surface area contributed by atoms with Crippen LogP contribution in [0, 0.1) is 0 Å². The molecule has 0 bridgehead atoms. The molecule has 4 rings (SSSR count). The number of hydrogen-bond acceptors (Lipinski definition) is 4. The van der Waals surface area contributed by atoms with E-state index >= 15 is 0 Å². The number of carboxylic acids is 1. The summed E-state index contributed by atoms with van der Waals surface area (Å²) in [7, 11) is 0. The number of carbonyl (C=O) groups is 1. The Morgan fingerprint density at radius 3 is 2.88 bits per heavy atom. The zero-order valence-corrected chi connectivity index (χ0v) is 14.6. The Hall–Kier alpha value is -3.08. The van der Waals surface area contributed by atoms with Crippen molar-refractivity contribution >= 4 is 28.8 Å². The van der Waals surface area contributed by atoms with Gasteiger partial charge in [0.05, 0.1) is 11.3 Å². The first-order valence-corrected chi connectivity index (χ1v) is 8.79. The molecule has 1 N–H and O–H groups in total. The molecular formula is C21H20N2O3. The number of pyridine rings is 1. The number of anilines is 1. The summed E-state index contributed by atoms with van der Waals surface area (Å²) >= 11 is 0. The first-order chi connectivity index (χ1) is 12.6. The molecule has 0 spiro atoms. The summed E-state index contributed by atoms with van der Waals surface area (Å²) in [6.07, 6.45) is 4.88.